The number of aromatic hydroxyl groups is 1. The molecule has 7 rings (SSSR count). The molecule has 3 aromatic carbocycles. The van der Waals surface area contributed by atoms with Gasteiger partial charge in [-0.05, 0) is 103 Å². The zero-order valence-corrected chi connectivity index (χ0v) is 40.8. The molecule has 0 unspecified atom stereocenters. The number of fused-ring (bicyclic) bond motifs is 6. The summed E-state index contributed by atoms with van der Waals surface area (Å²) < 4.78 is 14.0. The van der Waals surface area contributed by atoms with E-state index in [9.17, 15) is 29.1 Å². The fourth-order valence-corrected chi connectivity index (χ4v) is 10.2. The van der Waals surface area contributed by atoms with Gasteiger partial charge in [0.1, 0.15) is 23.9 Å². The number of esters is 1. The first-order chi connectivity index (χ1) is 32.5. The number of hydrazine groups is 1. The number of likely N-dealkylation sites (N-methyl/N-ethyl adjacent to an activating group) is 1. The second kappa shape index (κ2) is 21.4. The number of carbonyl (C=O) groups excluding carboxylic acids is 5. The number of hydrogen-bond donors (Lipinski definition) is 3. The van der Waals surface area contributed by atoms with Gasteiger partial charge in [-0.25, -0.2) is 10.2 Å². The molecule has 3 N–H and O–H groups in total. The van der Waals surface area contributed by atoms with E-state index < -0.39 is 41.3 Å². The van der Waals surface area contributed by atoms with Crippen molar-refractivity contribution in [3.05, 3.63) is 90.0 Å². The summed E-state index contributed by atoms with van der Waals surface area (Å²) in [5, 5.41) is 16.8. The Morgan fingerprint density at radius 3 is 2.49 bits per heavy atom. The fourth-order valence-electron chi connectivity index (χ4n) is 10.2. The molecule has 1 aromatic heterocycles. The maximum atomic E-state index is 14.8. The largest absolute Gasteiger partial charge is 0.508 e. The number of phenolic OH excluding ortho intramolecular Hbond substituents is 1. The molecule has 15 nitrogen and oxygen atoms in total. The highest BCUT2D eigenvalue weighted by Gasteiger charge is 2.39. The van der Waals surface area contributed by atoms with E-state index in [1.165, 1.54) is 21.5 Å². The van der Waals surface area contributed by atoms with Gasteiger partial charge < -0.3 is 39.2 Å². The number of urea groups is 1. The molecule has 364 valence electrons. The second-order valence-corrected chi connectivity index (χ2v) is 19.6. The Kier molecular flexibility index (Phi) is 15.6. The van der Waals surface area contributed by atoms with Crippen molar-refractivity contribution in [2.24, 2.45) is 11.3 Å². The summed E-state index contributed by atoms with van der Waals surface area (Å²) in [6.07, 6.45) is 4.11. The van der Waals surface area contributed by atoms with E-state index in [0.717, 1.165) is 45.3 Å². The fraction of sp³-hybridized carbons (Fsp3) is 0.491. The molecule has 4 aromatic rings. The van der Waals surface area contributed by atoms with Crippen molar-refractivity contribution in [1.29, 1.82) is 0 Å². The van der Waals surface area contributed by atoms with Gasteiger partial charge in [0.05, 0.1) is 18.9 Å². The van der Waals surface area contributed by atoms with Crippen LogP contribution in [0.1, 0.15) is 70.6 Å². The minimum Gasteiger partial charge on any atom is -0.508 e. The average molecular weight is 932 g/mol. The van der Waals surface area contributed by atoms with Crippen LogP contribution in [0.2, 0.25) is 0 Å². The molecule has 5 amide bonds. The molecule has 0 spiro atoms. The Labute approximate surface area is 400 Å². The molecule has 3 aliphatic rings. The number of benzene rings is 3. The summed E-state index contributed by atoms with van der Waals surface area (Å²) in [6, 6.07) is 16.7. The number of cyclic esters (lactones) is 1. The predicted molar refractivity (Wildman–Crippen MR) is 262 cm³/mol. The summed E-state index contributed by atoms with van der Waals surface area (Å²) in [4.78, 5) is 74.5. The van der Waals surface area contributed by atoms with Gasteiger partial charge in [0.2, 0.25) is 11.8 Å². The molecule has 68 heavy (non-hydrogen) atoms. The van der Waals surface area contributed by atoms with Crippen LogP contribution in [0, 0.1) is 11.3 Å². The molecule has 4 heterocycles. The van der Waals surface area contributed by atoms with Crippen LogP contribution >= 0.6 is 0 Å². The Morgan fingerprint density at radius 2 is 1.75 bits per heavy atom. The van der Waals surface area contributed by atoms with E-state index in [-0.39, 0.29) is 43.2 Å². The number of nitrogens with zero attached hydrogens (tertiary/aromatic N) is 5. The number of ether oxygens (including phenoxy) is 2. The zero-order chi connectivity index (χ0) is 48.9. The minimum atomic E-state index is -1.16. The van der Waals surface area contributed by atoms with E-state index in [1.54, 1.807) is 36.1 Å². The monoisotopic (exact) mass is 932 g/mol. The summed E-state index contributed by atoms with van der Waals surface area (Å²) in [5.41, 5.74) is 10.4. The van der Waals surface area contributed by atoms with Gasteiger partial charge in [0.15, 0.2) is 0 Å². The predicted octanol–water partition coefficient (Wildman–Crippen LogP) is 6.33. The molecule has 0 saturated carbocycles. The first kappa shape index (κ1) is 49.7. The van der Waals surface area contributed by atoms with E-state index in [1.807, 2.05) is 26.0 Å². The highest BCUT2D eigenvalue weighted by molar-refractivity contribution is 5.96. The third-order valence-electron chi connectivity index (χ3n) is 13.6. The Morgan fingerprint density at radius 1 is 1.00 bits per heavy atom. The summed E-state index contributed by atoms with van der Waals surface area (Å²) in [6.45, 7) is 16.8. The van der Waals surface area contributed by atoms with Gasteiger partial charge in [-0.2, -0.15) is 0 Å². The first-order valence-electron chi connectivity index (χ1n) is 24.1. The smallest absolute Gasteiger partial charge is 0.324 e. The molecule has 6 bridgehead atoms. The molecular formula is C53H69N7O8. The number of aryl methyl sites for hydroxylation is 1. The number of aromatic nitrogens is 1. The number of amides is 5. The summed E-state index contributed by atoms with van der Waals surface area (Å²) in [7, 11) is 3.29. The zero-order valence-electron chi connectivity index (χ0n) is 40.8. The maximum Gasteiger partial charge on any atom is 0.324 e. The number of rotatable bonds is 10. The normalized spacial score (nSPS) is 19.5. The minimum absolute atomic E-state index is 0.000120. The standard InChI is InChI=1S/C53H69N7O8/c1-9-46(62)57-21-14-22-58(25-24-57)52(66)56(7)47(34(3)4)49(63)54-44-29-35-27-38(30-39(61)28-35)37-18-19-45-41(31-37)42(48(59(45)10-2)40-16-12-11-15-36(40)20-26-67-8)32-53(5,6)33-68-51(65)43-17-13-23-60(55-43)50(44)64/h9,11-12,15-16,18-19,27-28,30-31,34,43-44,47,55,61H,1,10,13-14,17,20-26,29,32-33H2,2-8H3,(H,54,63)/t43-,44-,47-/m0/s1. The molecule has 15 heteroatoms. The van der Waals surface area contributed by atoms with E-state index in [2.05, 4.69) is 79.1 Å². The van der Waals surface area contributed by atoms with Crippen LogP contribution in [0.15, 0.2) is 73.3 Å². The summed E-state index contributed by atoms with van der Waals surface area (Å²) >= 11 is 0. The van der Waals surface area contributed by atoms with Crippen LogP contribution in [0.25, 0.3) is 33.3 Å². The Hall–Kier alpha value is -6.19. The van der Waals surface area contributed by atoms with Crippen molar-refractivity contribution in [2.75, 3.05) is 60.1 Å². The molecule has 3 aliphatic heterocycles. The third kappa shape index (κ3) is 10.9. The van der Waals surface area contributed by atoms with E-state index in [0.29, 0.717) is 70.6 Å². The van der Waals surface area contributed by atoms with E-state index in [4.69, 9.17) is 9.47 Å². The van der Waals surface area contributed by atoms with Crippen molar-refractivity contribution in [3.8, 4) is 28.1 Å². The van der Waals surface area contributed by atoms with Gasteiger partial charge in [0, 0.05) is 81.7 Å². The lowest BCUT2D eigenvalue weighted by molar-refractivity contribution is -0.155. The topological polar surface area (TPSA) is 166 Å². The second-order valence-electron chi connectivity index (χ2n) is 19.6. The van der Waals surface area contributed by atoms with Crippen molar-refractivity contribution < 1.29 is 38.6 Å². The van der Waals surface area contributed by atoms with Crippen molar-refractivity contribution in [3.63, 3.8) is 0 Å². The number of methoxy groups -OCH3 is 1. The first-order valence-corrected chi connectivity index (χ1v) is 24.1. The van der Waals surface area contributed by atoms with Crippen molar-refractivity contribution >= 4 is 40.6 Å². The van der Waals surface area contributed by atoms with Crippen LogP contribution in [0.4, 0.5) is 4.79 Å². The number of carbonyl (C=O) groups is 5. The number of nitrogens with one attached hydrogen (secondary N) is 2. The number of hydrogen-bond acceptors (Lipinski definition) is 9. The van der Waals surface area contributed by atoms with Crippen LogP contribution in [0.5, 0.6) is 5.75 Å². The van der Waals surface area contributed by atoms with Crippen LogP contribution in [-0.2, 0) is 54.5 Å². The lowest BCUT2D eigenvalue weighted by Gasteiger charge is -2.37. The lowest BCUT2D eigenvalue weighted by atomic mass is 9.83. The maximum absolute atomic E-state index is 14.8. The molecule has 2 saturated heterocycles. The average Bonchev–Trinajstić information content (AvgIpc) is 3.42. The van der Waals surface area contributed by atoms with Gasteiger partial charge in [-0.15, -0.1) is 0 Å². The highest BCUT2D eigenvalue weighted by atomic mass is 16.5. The van der Waals surface area contributed by atoms with Gasteiger partial charge in [-0.3, -0.25) is 24.2 Å². The quantitative estimate of drug-likeness (QED) is 0.122. The van der Waals surface area contributed by atoms with Crippen LogP contribution < -0.4 is 10.7 Å². The molecule has 3 atom stereocenters. The van der Waals surface area contributed by atoms with Crippen LogP contribution in [-0.4, -0.2) is 137 Å². The molecule has 0 radical (unpaired) electrons. The molecule has 2 fully saturated rings. The number of phenols is 1. The summed E-state index contributed by atoms with van der Waals surface area (Å²) in [5.74, 6) is -2.01. The molecule has 0 aliphatic carbocycles. The molecular weight excluding hydrogens is 863 g/mol. The third-order valence-corrected chi connectivity index (χ3v) is 13.6. The van der Waals surface area contributed by atoms with Gasteiger partial charge in [-0.1, -0.05) is 70.7 Å². The van der Waals surface area contributed by atoms with Crippen molar-refractivity contribution in [1.82, 2.24) is 35.0 Å². The highest BCUT2D eigenvalue weighted by Crippen LogP contribution is 2.41. The SMILES string of the molecule is C=CC(=O)N1CCCN(C(=O)N(C)[C@H](C(=O)N[C@H]2Cc3cc(O)cc(c3)-c3ccc4c(c3)c(c(-c3ccccc3CCOC)n4CC)CC(C)(C)COC(=O)[C@@H]3CCCN(N3)C2=O)C(C)C)CC1. The van der Waals surface area contributed by atoms with Crippen molar-refractivity contribution in [2.45, 2.75) is 97.8 Å². The Bertz CT molecular complexity index is 2530. The lowest BCUT2D eigenvalue weighted by Crippen LogP contribution is -2.62. The Balaban J connectivity index is 1.28. The van der Waals surface area contributed by atoms with Gasteiger partial charge in [0.25, 0.3) is 5.91 Å². The van der Waals surface area contributed by atoms with Gasteiger partial charge >= 0.3 is 12.0 Å². The van der Waals surface area contributed by atoms with E-state index >= 15 is 0 Å². The van der Waals surface area contributed by atoms with Crippen LogP contribution in [0.3, 0.4) is 0 Å².